The van der Waals surface area contributed by atoms with Crippen molar-refractivity contribution in [2.45, 2.75) is 18.6 Å². The summed E-state index contributed by atoms with van der Waals surface area (Å²) in [6.07, 6.45) is 0. The zero-order chi connectivity index (χ0) is 23.2. The van der Waals surface area contributed by atoms with Crippen LogP contribution >= 0.6 is 23.4 Å². The third-order valence-electron chi connectivity index (χ3n) is 4.93. The van der Waals surface area contributed by atoms with Crippen LogP contribution in [0.25, 0.3) is 11.4 Å². The fourth-order valence-corrected chi connectivity index (χ4v) is 4.32. The van der Waals surface area contributed by atoms with Crippen molar-refractivity contribution in [2.75, 3.05) is 11.1 Å². The topological polar surface area (TPSA) is 76.9 Å². The Bertz CT molecular complexity index is 1290. The lowest BCUT2D eigenvalue weighted by Gasteiger charge is -2.12. The number of carbonyl (C=O) groups excluding carboxylic acids is 2. The smallest absolute Gasteiger partial charge is 0.234 e. The summed E-state index contributed by atoms with van der Waals surface area (Å²) >= 11 is 7.70. The van der Waals surface area contributed by atoms with Crippen LogP contribution in [0.3, 0.4) is 0 Å². The number of aromatic nitrogens is 3. The minimum absolute atomic E-state index is 0.106. The number of benzene rings is 3. The van der Waals surface area contributed by atoms with E-state index in [0.29, 0.717) is 33.8 Å². The Morgan fingerprint density at radius 3 is 2.39 bits per heavy atom. The Hall–Kier alpha value is -3.42. The summed E-state index contributed by atoms with van der Waals surface area (Å²) in [7, 11) is 0. The van der Waals surface area contributed by atoms with Gasteiger partial charge in [0.2, 0.25) is 5.91 Å². The van der Waals surface area contributed by atoms with Gasteiger partial charge in [0.15, 0.2) is 16.8 Å². The predicted molar refractivity (Wildman–Crippen MR) is 132 cm³/mol. The van der Waals surface area contributed by atoms with Crippen LogP contribution in [0, 0.1) is 0 Å². The first-order valence-electron chi connectivity index (χ1n) is 10.3. The number of hydrogen-bond donors (Lipinski definition) is 1. The molecule has 0 aliphatic carbocycles. The fourth-order valence-electron chi connectivity index (χ4n) is 3.36. The van der Waals surface area contributed by atoms with Crippen molar-refractivity contribution in [1.29, 1.82) is 0 Å². The molecule has 3 aromatic carbocycles. The van der Waals surface area contributed by atoms with Gasteiger partial charge in [-0.05, 0) is 36.8 Å². The molecule has 8 heteroatoms. The maximum atomic E-state index is 12.6. The number of halogens is 1. The molecule has 166 valence electrons. The first-order valence-corrected chi connectivity index (χ1v) is 11.6. The van der Waals surface area contributed by atoms with Crippen molar-refractivity contribution in [2.24, 2.45) is 0 Å². The highest BCUT2D eigenvalue weighted by atomic mass is 35.5. The highest BCUT2D eigenvalue weighted by Gasteiger charge is 2.18. The predicted octanol–water partition coefficient (Wildman–Crippen LogP) is 5.58. The summed E-state index contributed by atoms with van der Waals surface area (Å²) in [4.78, 5) is 24.5. The van der Waals surface area contributed by atoms with Gasteiger partial charge in [0.05, 0.1) is 23.0 Å². The first kappa shape index (κ1) is 22.8. The molecule has 0 radical (unpaired) electrons. The Balaban J connectivity index is 1.57. The molecule has 1 N–H and O–H groups in total. The van der Waals surface area contributed by atoms with Gasteiger partial charge < -0.3 is 5.32 Å². The van der Waals surface area contributed by atoms with Crippen LogP contribution in [-0.4, -0.2) is 32.2 Å². The Labute approximate surface area is 201 Å². The van der Waals surface area contributed by atoms with Crippen molar-refractivity contribution >= 4 is 40.7 Å². The zero-order valence-corrected chi connectivity index (χ0v) is 19.4. The summed E-state index contributed by atoms with van der Waals surface area (Å²) in [5, 5.41) is 12.7. The van der Waals surface area contributed by atoms with Crippen LogP contribution in [0.4, 0.5) is 5.69 Å². The summed E-state index contributed by atoms with van der Waals surface area (Å²) in [6, 6.07) is 24.4. The van der Waals surface area contributed by atoms with Gasteiger partial charge in [-0.15, -0.1) is 10.2 Å². The van der Waals surface area contributed by atoms with Crippen molar-refractivity contribution in [1.82, 2.24) is 14.8 Å². The second kappa shape index (κ2) is 10.5. The minimum atomic E-state index is -0.234. The molecule has 0 saturated carbocycles. The zero-order valence-electron chi connectivity index (χ0n) is 17.9. The van der Waals surface area contributed by atoms with E-state index in [1.54, 1.807) is 24.3 Å². The molecule has 0 atom stereocenters. The van der Waals surface area contributed by atoms with Gasteiger partial charge >= 0.3 is 0 Å². The van der Waals surface area contributed by atoms with Crippen LogP contribution in [0.2, 0.25) is 5.02 Å². The molecule has 0 fully saturated rings. The lowest BCUT2D eigenvalue weighted by atomic mass is 10.1. The largest absolute Gasteiger partial charge is 0.325 e. The highest BCUT2D eigenvalue weighted by molar-refractivity contribution is 7.99. The summed E-state index contributed by atoms with van der Waals surface area (Å²) < 4.78 is 1.96. The van der Waals surface area contributed by atoms with Gasteiger partial charge in [-0.3, -0.25) is 14.2 Å². The third-order valence-corrected chi connectivity index (χ3v) is 6.22. The fraction of sp³-hybridized carbons (Fsp3) is 0.120. The summed E-state index contributed by atoms with van der Waals surface area (Å²) in [5.41, 5.74) is 2.82. The second-order valence-electron chi connectivity index (χ2n) is 7.30. The number of Topliss-reactive ketones (excluding diaryl/α,β-unsaturated/α-hetero) is 1. The number of ketones is 1. The number of nitrogens with one attached hydrogen (secondary N) is 1. The van der Waals surface area contributed by atoms with E-state index in [1.165, 1.54) is 18.7 Å². The first-order chi connectivity index (χ1) is 16.0. The maximum Gasteiger partial charge on any atom is 0.234 e. The van der Waals surface area contributed by atoms with Crippen LogP contribution < -0.4 is 5.32 Å². The number of anilines is 1. The molecule has 1 aromatic heterocycles. The standard InChI is InChI=1S/C25H21ClN4O2S/c1-17(31)19-11-6-8-14-22(19)27-23(32)16-33-25-29-28-24(20-12-5-7-13-21(20)26)30(25)15-18-9-3-2-4-10-18/h2-14H,15-16H2,1H3,(H,27,32). The molecule has 4 rings (SSSR count). The number of thioether (sulfide) groups is 1. The van der Waals surface area contributed by atoms with E-state index < -0.39 is 0 Å². The monoisotopic (exact) mass is 476 g/mol. The van der Waals surface area contributed by atoms with Crippen molar-refractivity contribution < 1.29 is 9.59 Å². The Morgan fingerprint density at radius 1 is 0.939 bits per heavy atom. The van der Waals surface area contributed by atoms with Crippen molar-refractivity contribution in [3.05, 3.63) is 95.0 Å². The van der Waals surface area contributed by atoms with Gasteiger partial charge in [0, 0.05) is 11.1 Å². The molecule has 0 aliphatic heterocycles. The number of nitrogens with zero attached hydrogens (tertiary/aromatic N) is 3. The molecule has 1 heterocycles. The minimum Gasteiger partial charge on any atom is -0.325 e. The van der Waals surface area contributed by atoms with Crippen LogP contribution in [-0.2, 0) is 11.3 Å². The molecule has 0 saturated heterocycles. The number of carbonyl (C=O) groups is 2. The maximum absolute atomic E-state index is 12.6. The van der Waals surface area contributed by atoms with Gasteiger partial charge in [-0.1, -0.05) is 78.0 Å². The molecule has 1 amide bonds. The molecule has 4 aromatic rings. The number of para-hydroxylation sites is 1. The van der Waals surface area contributed by atoms with E-state index in [0.717, 1.165) is 11.1 Å². The average molecular weight is 477 g/mol. The molecule has 6 nitrogen and oxygen atoms in total. The van der Waals surface area contributed by atoms with E-state index in [2.05, 4.69) is 15.5 Å². The molecular weight excluding hydrogens is 456 g/mol. The lowest BCUT2D eigenvalue weighted by Crippen LogP contribution is -2.16. The number of amides is 1. The summed E-state index contributed by atoms with van der Waals surface area (Å²) in [6.45, 7) is 2.01. The molecular formula is C25H21ClN4O2S. The van der Waals surface area contributed by atoms with Crippen LogP contribution in [0.5, 0.6) is 0 Å². The van der Waals surface area contributed by atoms with Crippen molar-refractivity contribution in [3.8, 4) is 11.4 Å². The van der Waals surface area contributed by atoms with E-state index in [1.807, 2.05) is 59.2 Å². The number of rotatable bonds is 8. The third kappa shape index (κ3) is 5.50. The summed E-state index contributed by atoms with van der Waals surface area (Å²) in [5.74, 6) is 0.406. The van der Waals surface area contributed by atoms with Crippen LogP contribution in [0.1, 0.15) is 22.8 Å². The Kier molecular flexibility index (Phi) is 7.22. The normalized spacial score (nSPS) is 10.7. The van der Waals surface area contributed by atoms with Gasteiger partial charge in [0.25, 0.3) is 0 Å². The average Bonchev–Trinajstić information content (AvgIpc) is 3.21. The SMILES string of the molecule is CC(=O)c1ccccc1NC(=O)CSc1nnc(-c2ccccc2Cl)n1Cc1ccccc1. The molecule has 33 heavy (non-hydrogen) atoms. The molecule has 0 spiro atoms. The van der Waals surface area contributed by atoms with Gasteiger partial charge in [0.1, 0.15) is 0 Å². The lowest BCUT2D eigenvalue weighted by molar-refractivity contribution is -0.113. The molecule has 0 bridgehead atoms. The van der Waals surface area contributed by atoms with Gasteiger partial charge in [-0.2, -0.15) is 0 Å². The van der Waals surface area contributed by atoms with E-state index in [-0.39, 0.29) is 17.4 Å². The van der Waals surface area contributed by atoms with Crippen molar-refractivity contribution in [3.63, 3.8) is 0 Å². The quantitative estimate of drug-likeness (QED) is 0.265. The van der Waals surface area contributed by atoms with E-state index >= 15 is 0 Å². The van der Waals surface area contributed by atoms with E-state index in [9.17, 15) is 9.59 Å². The van der Waals surface area contributed by atoms with Crippen LogP contribution in [0.15, 0.2) is 84.0 Å². The molecule has 0 unspecified atom stereocenters. The number of hydrogen-bond acceptors (Lipinski definition) is 5. The van der Waals surface area contributed by atoms with Gasteiger partial charge in [-0.25, -0.2) is 0 Å². The second-order valence-corrected chi connectivity index (χ2v) is 8.65. The Morgan fingerprint density at radius 2 is 1.64 bits per heavy atom. The molecule has 0 aliphatic rings. The highest BCUT2D eigenvalue weighted by Crippen LogP contribution is 2.30. The van der Waals surface area contributed by atoms with E-state index in [4.69, 9.17) is 11.6 Å².